The van der Waals surface area contributed by atoms with Gasteiger partial charge in [-0.25, -0.2) is 0 Å². The van der Waals surface area contributed by atoms with E-state index in [9.17, 15) is 9.59 Å². The fourth-order valence-electron chi connectivity index (χ4n) is 2.53. The van der Waals surface area contributed by atoms with Crippen molar-refractivity contribution in [3.8, 4) is 0 Å². The molecule has 2 aromatic rings. The zero-order valence-corrected chi connectivity index (χ0v) is 10.8. The van der Waals surface area contributed by atoms with Crippen LogP contribution in [-0.2, 0) is 9.59 Å². The standard InChI is InChI=1S/C16H14N2O2/c19-11-18-14-9-5-4-8-13(14)17-16(20)10-15(18)12-6-2-1-3-7-12/h1-9,11,15H,10H2,(H,17,20)/t15-/m0/s1. The number of anilines is 2. The topological polar surface area (TPSA) is 49.4 Å². The van der Waals surface area contributed by atoms with Gasteiger partial charge in [0.15, 0.2) is 0 Å². The molecule has 3 rings (SSSR count). The van der Waals surface area contributed by atoms with E-state index in [-0.39, 0.29) is 18.4 Å². The van der Waals surface area contributed by atoms with Gasteiger partial charge in [-0.1, -0.05) is 42.5 Å². The summed E-state index contributed by atoms with van der Waals surface area (Å²) in [5, 5.41) is 2.85. The maximum Gasteiger partial charge on any atom is 0.226 e. The van der Waals surface area contributed by atoms with Crippen molar-refractivity contribution in [1.82, 2.24) is 0 Å². The number of amides is 2. The predicted molar refractivity (Wildman–Crippen MR) is 77.4 cm³/mol. The van der Waals surface area contributed by atoms with Crippen LogP contribution >= 0.6 is 0 Å². The van der Waals surface area contributed by atoms with Crippen LogP contribution in [0, 0.1) is 0 Å². The summed E-state index contributed by atoms with van der Waals surface area (Å²) < 4.78 is 0. The van der Waals surface area contributed by atoms with E-state index in [2.05, 4.69) is 5.32 Å². The molecule has 0 aliphatic carbocycles. The molecular weight excluding hydrogens is 252 g/mol. The Morgan fingerprint density at radius 3 is 2.50 bits per heavy atom. The second kappa shape index (κ2) is 5.17. The number of hydrogen-bond acceptors (Lipinski definition) is 2. The maximum atomic E-state index is 12.0. The van der Waals surface area contributed by atoms with Gasteiger partial charge in [0.25, 0.3) is 0 Å². The van der Waals surface area contributed by atoms with E-state index in [1.165, 1.54) is 0 Å². The van der Waals surface area contributed by atoms with Gasteiger partial charge in [0.1, 0.15) is 0 Å². The lowest BCUT2D eigenvalue weighted by molar-refractivity contribution is -0.116. The van der Waals surface area contributed by atoms with Gasteiger partial charge in [-0.2, -0.15) is 0 Å². The number of benzene rings is 2. The highest BCUT2D eigenvalue weighted by Crippen LogP contribution is 2.36. The molecule has 20 heavy (non-hydrogen) atoms. The van der Waals surface area contributed by atoms with Crippen molar-refractivity contribution in [2.45, 2.75) is 12.5 Å². The van der Waals surface area contributed by atoms with Gasteiger partial charge < -0.3 is 10.2 Å². The first-order chi connectivity index (χ1) is 9.79. The first-order valence-electron chi connectivity index (χ1n) is 6.47. The Kier molecular flexibility index (Phi) is 3.21. The Labute approximate surface area is 117 Å². The molecule has 2 aromatic carbocycles. The van der Waals surface area contributed by atoms with Crippen molar-refractivity contribution in [2.75, 3.05) is 10.2 Å². The van der Waals surface area contributed by atoms with E-state index in [4.69, 9.17) is 0 Å². The van der Waals surface area contributed by atoms with Crippen LogP contribution in [0.15, 0.2) is 54.6 Å². The summed E-state index contributed by atoms with van der Waals surface area (Å²) in [4.78, 5) is 25.2. The molecule has 1 aliphatic rings. The normalized spacial score (nSPS) is 17.9. The Morgan fingerprint density at radius 2 is 1.75 bits per heavy atom. The Balaban J connectivity index is 2.11. The van der Waals surface area contributed by atoms with Gasteiger partial charge >= 0.3 is 0 Å². The van der Waals surface area contributed by atoms with Gasteiger partial charge in [-0.3, -0.25) is 9.59 Å². The highest BCUT2D eigenvalue weighted by molar-refractivity contribution is 6.00. The summed E-state index contributed by atoms with van der Waals surface area (Å²) in [5.74, 6) is -0.0874. The van der Waals surface area contributed by atoms with Gasteiger partial charge in [-0.05, 0) is 17.7 Å². The third kappa shape index (κ3) is 2.16. The molecule has 4 nitrogen and oxygen atoms in total. The number of fused-ring (bicyclic) bond motifs is 1. The lowest BCUT2D eigenvalue weighted by atomic mass is 10.0. The average molecular weight is 266 g/mol. The summed E-state index contributed by atoms with van der Waals surface area (Å²) in [5.41, 5.74) is 2.34. The van der Waals surface area contributed by atoms with Crippen LogP contribution in [0.25, 0.3) is 0 Å². The summed E-state index contributed by atoms with van der Waals surface area (Å²) in [6.07, 6.45) is 1.04. The molecular formula is C16H14N2O2. The van der Waals surface area contributed by atoms with Gasteiger partial charge in [-0.15, -0.1) is 0 Å². The van der Waals surface area contributed by atoms with E-state index in [0.29, 0.717) is 5.69 Å². The lowest BCUT2D eigenvalue weighted by Gasteiger charge is -2.26. The third-order valence-electron chi connectivity index (χ3n) is 3.47. The van der Waals surface area contributed by atoms with Crippen molar-refractivity contribution in [3.05, 3.63) is 60.2 Å². The lowest BCUT2D eigenvalue weighted by Crippen LogP contribution is -2.27. The van der Waals surface area contributed by atoms with Crippen LogP contribution in [0.2, 0.25) is 0 Å². The summed E-state index contributed by atoms with van der Waals surface area (Å²) in [7, 11) is 0. The first kappa shape index (κ1) is 12.4. The molecule has 1 aliphatic heterocycles. The number of carbonyl (C=O) groups excluding carboxylic acids is 2. The van der Waals surface area contributed by atoms with E-state index in [0.717, 1.165) is 17.7 Å². The highest BCUT2D eigenvalue weighted by Gasteiger charge is 2.28. The minimum Gasteiger partial charge on any atom is -0.324 e. The number of nitrogens with zero attached hydrogens (tertiary/aromatic N) is 1. The molecule has 1 heterocycles. The molecule has 0 fully saturated rings. The van der Waals surface area contributed by atoms with Crippen LogP contribution < -0.4 is 10.2 Å². The number of carbonyl (C=O) groups is 2. The van der Waals surface area contributed by atoms with E-state index in [1.807, 2.05) is 48.5 Å². The first-order valence-corrected chi connectivity index (χ1v) is 6.47. The van der Waals surface area contributed by atoms with Gasteiger partial charge in [0, 0.05) is 0 Å². The van der Waals surface area contributed by atoms with Crippen LogP contribution in [-0.4, -0.2) is 12.3 Å². The number of nitrogens with one attached hydrogen (secondary N) is 1. The summed E-state index contributed by atoms with van der Waals surface area (Å²) >= 11 is 0. The van der Waals surface area contributed by atoms with Crippen LogP contribution in [0.5, 0.6) is 0 Å². The van der Waals surface area contributed by atoms with E-state index in [1.54, 1.807) is 11.0 Å². The van der Waals surface area contributed by atoms with Gasteiger partial charge in [0.05, 0.1) is 23.8 Å². The minimum absolute atomic E-state index is 0.0874. The summed E-state index contributed by atoms with van der Waals surface area (Å²) in [6.45, 7) is 0. The van der Waals surface area contributed by atoms with Crippen molar-refractivity contribution >= 4 is 23.7 Å². The van der Waals surface area contributed by atoms with Gasteiger partial charge in [0.2, 0.25) is 12.3 Å². The molecule has 0 spiro atoms. The fraction of sp³-hybridized carbons (Fsp3) is 0.125. The van der Waals surface area contributed by atoms with Crippen LogP contribution in [0.4, 0.5) is 11.4 Å². The third-order valence-corrected chi connectivity index (χ3v) is 3.47. The molecule has 0 bridgehead atoms. The van der Waals surface area contributed by atoms with Crippen molar-refractivity contribution in [1.29, 1.82) is 0 Å². The Morgan fingerprint density at radius 1 is 1.05 bits per heavy atom. The number of para-hydroxylation sites is 2. The highest BCUT2D eigenvalue weighted by atomic mass is 16.2. The fourth-order valence-corrected chi connectivity index (χ4v) is 2.53. The molecule has 2 amide bonds. The largest absolute Gasteiger partial charge is 0.324 e. The van der Waals surface area contributed by atoms with Crippen LogP contribution in [0.3, 0.4) is 0 Å². The second-order valence-corrected chi connectivity index (χ2v) is 4.71. The van der Waals surface area contributed by atoms with E-state index < -0.39 is 0 Å². The molecule has 0 aromatic heterocycles. The summed E-state index contributed by atoms with van der Waals surface area (Å²) in [6, 6.07) is 16.7. The molecule has 0 unspecified atom stereocenters. The molecule has 0 radical (unpaired) electrons. The van der Waals surface area contributed by atoms with Crippen molar-refractivity contribution in [2.24, 2.45) is 0 Å². The zero-order chi connectivity index (χ0) is 13.9. The van der Waals surface area contributed by atoms with Crippen molar-refractivity contribution < 1.29 is 9.59 Å². The van der Waals surface area contributed by atoms with E-state index >= 15 is 0 Å². The maximum absolute atomic E-state index is 12.0. The molecule has 100 valence electrons. The smallest absolute Gasteiger partial charge is 0.226 e. The van der Waals surface area contributed by atoms with Crippen LogP contribution in [0.1, 0.15) is 18.0 Å². The minimum atomic E-state index is -0.280. The Hall–Kier alpha value is -2.62. The second-order valence-electron chi connectivity index (χ2n) is 4.71. The quantitative estimate of drug-likeness (QED) is 0.850. The zero-order valence-electron chi connectivity index (χ0n) is 10.8. The predicted octanol–water partition coefficient (Wildman–Crippen LogP) is 2.73. The molecule has 0 saturated heterocycles. The Bertz CT molecular complexity index is 640. The SMILES string of the molecule is O=CN1c2ccccc2NC(=O)C[C@H]1c1ccccc1. The monoisotopic (exact) mass is 266 g/mol. The molecule has 4 heteroatoms. The van der Waals surface area contributed by atoms with Crippen molar-refractivity contribution in [3.63, 3.8) is 0 Å². The molecule has 1 N–H and O–H groups in total. The average Bonchev–Trinajstić information content (AvgIpc) is 2.63. The number of rotatable bonds is 2. The molecule has 1 atom stereocenters. The number of hydrogen-bond donors (Lipinski definition) is 1. The molecule has 0 saturated carbocycles.